The Balaban J connectivity index is 1.41. The first-order valence-electron chi connectivity index (χ1n) is 10.9. The van der Waals surface area contributed by atoms with E-state index in [4.69, 9.17) is 5.10 Å². The molecule has 31 heavy (non-hydrogen) atoms. The average molecular weight is 418 g/mol. The zero-order chi connectivity index (χ0) is 21.5. The van der Waals surface area contributed by atoms with Crippen LogP contribution in [0.1, 0.15) is 38.8 Å². The molecule has 1 unspecified atom stereocenters. The molecule has 1 aliphatic heterocycles. The van der Waals surface area contributed by atoms with Gasteiger partial charge in [0.15, 0.2) is 0 Å². The Morgan fingerprint density at radius 1 is 1.10 bits per heavy atom. The largest absolute Gasteiger partial charge is 0.319 e. The molecule has 1 saturated heterocycles. The minimum absolute atomic E-state index is 0.106. The maximum Gasteiger partial charge on any atom is 0.248 e. The third-order valence-electron chi connectivity index (χ3n) is 6.44. The number of benzene rings is 1. The molecule has 4 heterocycles. The molecule has 0 aliphatic carbocycles. The van der Waals surface area contributed by atoms with Gasteiger partial charge in [-0.1, -0.05) is 13.0 Å². The predicted molar refractivity (Wildman–Crippen MR) is 122 cm³/mol. The maximum atomic E-state index is 11.6. The lowest BCUT2D eigenvalue weighted by molar-refractivity contribution is 0.0908. The van der Waals surface area contributed by atoms with Crippen LogP contribution in [-0.4, -0.2) is 54.9 Å². The standard InChI is InChI=1S/C23H27N7O/c1-4-18-13-29(30-14-22-20(27-30)7-8-23(31)26-22)15(2)12-28(18)16(3)17-5-6-19-21(11-17)25-10-9-24-19/h5-11,14-16,18H,4,12-13H2,1-3H3,(H,26,31)/t15-,16?,18+/m0/s1. The van der Waals surface area contributed by atoms with Gasteiger partial charge in [0, 0.05) is 37.1 Å². The summed E-state index contributed by atoms with van der Waals surface area (Å²) < 4.78 is 0. The highest BCUT2D eigenvalue weighted by Gasteiger charge is 2.34. The molecule has 8 heteroatoms. The van der Waals surface area contributed by atoms with Crippen molar-refractivity contribution in [3.8, 4) is 0 Å². The lowest BCUT2D eigenvalue weighted by Crippen LogP contribution is -2.61. The fourth-order valence-corrected chi connectivity index (χ4v) is 4.66. The number of aromatic amines is 1. The number of nitrogens with one attached hydrogen (secondary N) is 1. The van der Waals surface area contributed by atoms with E-state index in [-0.39, 0.29) is 17.6 Å². The van der Waals surface area contributed by atoms with E-state index in [1.54, 1.807) is 18.5 Å². The topological polar surface area (TPSA) is 82.9 Å². The number of hydrogen-bond donors (Lipinski definition) is 1. The van der Waals surface area contributed by atoms with Crippen molar-refractivity contribution >= 4 is 22.1 Å². The van der Waals surface area contributed by atoms with Gasteiger partial charge in [0.25, 0.3) is 0 Å². The Morgan fingerprint density at radius 2 is 1.87 bits per heavy atom. The van der Waals surface area contributed by atoms with Gasteiger partial charge in [0.1, 0.15) is 5.52 Å². The Kier molecular flexibility index (Phi) is 4.94. The second-order valence-electron chi connectivity index (χ2n) is 8.38. The molecule has 5 rings (SSSR count). The lowest BCUT2D eigenvalue weighted by atomic mass is 9.99. The summed E-state index contributed by atoms with van der Waals surface area (Å²) in [5, 5.41) is 6.99. The van der Waals surface area contributed by atoms with Crippen molar-refractivity contribution in [3.05, 3.63) is 64.8 Å². The summed E-state index contributed by atoms with van der Waals surface area (Å²) >= 11 is 0. The summed E-state index contributed by atoms with van der Waals surface area (Å²) in [6.45, 7) is 8.53. The molecule has 1 aliphatic rings. The second-order valence-corrected chi connectivity index (χ2v) is 8.38. The van der Waals surface area contributed by atoms with E-state index in [1.165, 1.54) is 11.6 Å². The number of fused-ring (bicyclic) bond motifs is 2. The van der Waals surface area contributed by atoms with Crippen LogP contribution in [0.15, 0.2) is 53.7 Å². The molecule has 1 fully saturated rings. The van der Waals surface area contributed by atoms with Crippen LogP contribution in [-0.2, 0) is 0 Å². The average Bonchev–Trinajstić information content (AvgIpc) is 3.21. The Bertz CT molecular complexity index is 1280. The van der Waals surface area contributed by atoms with Crippen molar-refractivity contribution in [1.82, 2.24) is 29.7 Å². The zero-order valence-electron chi connectivity index (χ0n) is 18.1. The van der Waals surface area contributed by atoms with Gasteiger partial charge in [-0.2, -0.15) is 9.89 Å². The minimum atomic E-state index is -0.106. The lowest BCUT2D eigenvalue weighted by Gasteiger charge is -2.48. The first-order chi connectivity index (χ1) is 15.0. The number of H-pyrrole nitrogens is 1. The fraction of sp³-hybridized carbons (Fsp3) is 0.391. The molecule has 4 aromatic rings. The van der Waals surface area contributed by atoms with Crippen molar-refractivity contribution < 1.29 is 0 Å². The quantitative estimate of drug-likeness (QED) is 0.550. The van der Waals surface area contributed by atoms with Crippen molar-refractivity contribution in [1.29, 1.82) is 0 Å². The van der Waals surface area contributed by atoms with Gasteiger partial charge < -0.3 is 4.98 Å². The molecule has 8 nitrogen and oxygen atoms in total. The number of aromatic nitrogens is 5. The van der Waals surface area contributed by atoms with Crippen molar-refractivity contribution in [3.63, 3.8) is 0 Å². The molecule has 3 aromatic heterocycles. The Morgan fingerprint density at radius 3 is 2.68 bits per heavy atom. The third-order valence-corrected chi connectivity index (χ3v) is 6.44. The summed E-state index contributed by atoms with van der Waals surface area (Å²) in [5.41, 5.74) is 4.57. The van der Waals surface area contributed by atoms with E-state index < -0.39 is 0 Å². The molecule has 0 radical (unpaired) electrons. The summed E-state index contributed by atoms with van der Waals surface area (Å²) in [4.78, 5) is 27.9. The highest BCUT2D eigenvalue weighted by atomic mass is 16.1. The van der Waals surface area contributed by atoms with Crippen LogP contribution in [0, 0.1) is 0 Å². The fourth-order valence-electron chi connectivity index (χ4n) is 4.66. The monoisotopic (exact) mass is 417 g/mol. The zero-order valence-corrected chi connectivity index (χ0v) is 18.1. The van der Waals surface area contributed by atoms with Crippen molar-refractivity contribution in [2.24, 2.45) is 0 Å². The van der Waals surface area contributed by atoms with Crippen molar-refractivity contribution in [2.45, 2.75) is 45.3 Å². The second kappa shape index (κ2) is 7.77. The summed E-state index contributed by atoms with van der Waals surface area (Å²) in [7, 11) is 0. The van der Waals surface area contributed by atoms with Crippen LogP contribution in [0.4, 0.5) is 0 Å². The SMILES string of the molecule is CC[C@@H]1CN(n2cc3[nH]c(=O)ccc3n2)[C@@H](C)CN1C(C)c1ccc2nccnc2c1. The van der Waals surface area contributed by atoms with Crippen LogP contribution < -0.4 is 10.6 Å². The summed E-state index contributed by atoms with van der Waals surface area (Å²) in [5.74, 6) is 0. The van der Waals surface area contributed by atoms with Crippen LogP contribution in [0.25, 0.3) is 22.1 Å². The van der Waals surface area contributed by atoms with Gasteiger partial charge in [0.05, 0.1) is 35.3 Å². The highest BCUT2D eigenvalue weighted by Crippen LogP contribution is 2.29. The van der Waals surface area contributed by atoms with Gasteiger partial charge in [0.2, 0.25) is 5.56 Å². The smallest absolute Gasteiger partial charge is 0.248 e. The molecule has 0 spiro atoms. The molecule has 1 aromatic carbocycles. The number of nitrogens with zero attached hydrogens (tertiary/aromatic N) is 6. The minimum Gasteiger partial charge on any atom is -0.319 e. The normalized spacial score (nSPS) is 21.1. The number of rotatable bonds is 4. The molecule has 1 N–H and O–H groups in total. The molecule has 0 bridgehead atoms. The predicted octanol–water partition coefficient (Wildman–Crippen LogP) is 2.85. The summed E-state index contributed by atoms with van der Waals surface area (Å²) in [6, 6.07) is 10.6. The van der Waals surface area contributed by atoms with Gasteiger partial charge in [-0.05, 0) is 44.0 Å². The molecule has 0 saturated carbocycles. The Labute approximate surface area is 180 Å². The van der Waals surface area contributed by atoms with Gasteiger partial charge in [-0.15, -0.1) is 0 Å². The molecule has 0 amide bonds. The van der Waals surface area contributed by atoms with Crippen LogP contribution in [0.5, 0.6) is 0 Å². The number of piperazine rings is 1. The van der Waals surface area contributed by atoms with Crippen LogP contribution in [0.2, 0.25) is 0 Å². The van der Waals surface area contributed by atoms with Gasteiger partial charge in [-0.25, -0.2) is 0 Å². The van der Waals surface area contributed by atoms with E-state index in [9.17, 15) is 4.79 Å². The molecule has 160 valence electrons. The van der Waals surface area contributed by atoms with Crippen LogP contribution >= 0.6 is 0 Å². The Hall–Kier alpha value is -3.26. The molecular weight excluding hydrogens is 390 g/mol. The van der Waals surface area contributed by atoms with Gasteiger partial charge in [-0.3, -0.25) is 24.7 Å². The molecular formula is C23H27N7O. The van der Waals surface area contributed by atoms with E-state index in [1.807, 2.05) is 11.0 Å². The van der Waals surface area contributed by atoms with E-state index >= 15 is 0 Å². The van der Waals surface area contributed by atoms with E-state index in [2.05, 4.69) is 63.8 Å². The number of hydrogen-bond acceptors (Lipinski definition) is 6. The maximum absolute atomic E-state index is 11.6. The van der Waals surface area contributed by atoms with Crippen LogP contribution in [0.3, 0.4) is 0 Å². The number of pyridine rings is 1. The van der Waals surface area contributed by atoms with E-state index in [0.29, 0.717) is 6.04 Å². The van der Waals surface area contributed by atoms with Crippen molar-refractivity contribution in [2.75, 3.05) is 18.1 Å². The molecule has 3 atom stereocenters. The summed E-state index contributed by atoms with van der Waals surface area (Å²) in [6.07, 6.45) is 6.43. The van der Waals surface area contributed by atoms with Gasteiger partial charge >= 0.3 is 0 Å². The first-order valence-corrected chi connectivity index (χ1v) is 10.9. The third kappa shape index (κ3) is 3.57. The van der Waals surface area contributed by atoms with E-state index in [0.717, 1.165) is 41.6 Å². The highest BCUT2D eigenvalue weighted by molar-refractivity contribution is 5.74. The first kappa shape index (κ1) is 19.7.